The molecule has 9 nitrogen and oxygen atoms in total. The molecule has 11 heteroatoms. The topological polar surface area (TPSA) is 123 Å². The van der Waals surface area contributed by atoms with Gasteiger partial charge >= 0.3 is 0 Å². The van der Waals surface area contributed by atoms with E-state index in [0.29, 0.717) is 41.2 Å². The molecule has 0 radical (unpaired) electrons. The van der Waals surface area contributed by atoms with Crippen LogP contribution >= 0.6 is 11.6 Å². The van der Waals surface area contributed by atoms with E-state index in [-0.39, 0.29) is 18.7 Å². The Bertz CT molecular complexity index is 1270. The number of H-pyrrole nitrogens is 1. The van der Waals surface area contributed by atoms with Crippen LogP contribution in [0.4, 0.5) is 0 Å². The molecule has 0 saturated carbocycles. The van der Waals surface area contributed by atoms with Crippen molar-refractivity contribution < 1.29 is 24.1 Å². The number of nitrogens with one attached hydrogen (secondary N) is 1. The minimum absolute atomic E-state index is 0.225. The Kier molecular flexibility index (Phi) is 7.04. The van der Waals surface area contributed by atoms with Crippen LogP contribution in [0.15, 0.2) is 30.3 Å². The van der Waals surface area contributed by atoms with Crippen LogP contribution in [0.25, 0.3) is 22.4 Å². The fourth-order valence-electron chi connectivity index (χ4n) is 4.35. The molecule has 3 aromatic rings. The van der Waals surface area contributed by atoms with E-state index < -0.39 is 31.9 Å². The van der Waals surface area contributed by atoms with Gasteiger partial charge in [-0.05, 0) is 24.2 Å². The van der Waals surface area contributed by atoms with Crippen LogP contribution in [0, 0.1) is 11.3 Å². The van der Waals surface area contributed by atoms with Crippen LogP contribution in [0.5, 0.6) is 6.01 Å². The summed E-state index contributed by atoms with van der Waals surface area (Å²) in [6.07, 6.45) is -1.79. The number of nitriles is 1. The molecule has 4 heterocycles. The predicted molar refractivity (Wildman–Crippen MR) is 137 cm³/mol. The van der Waals surface area contributed by atoms with Gasteiger partial charge in [-0.1, -0.05) is 43.4 Å². The van der Waals surface area contributed by atoms with Gasteiger partial charge in [0.25, 0.3) is 6.01 Å². The number of pyridine rings is 1. The minimum Gasteiger partial charge on any atom is -0.456 e. The van der Waals surface area contributed by atoms with Gasteiger partial charge in [0.15, 0.2) is 17.3 Å². The van der Waals surface area contributed by atoms with Gasteiger partial charge in [0.2, 0.25) is 0 Å². The third-order valence-electron chi connectivity index (χ3n) is 6.37. The second kappa shape index (κ2) is 10.1. The highest BCUT2D eigenvalue weighted by molar-refractivity contribution is 6.76. The van der Waals surface area contributed by atoms with Gasteiger partial charge < -0.3 is 29.0 Å². The number of hydrogen-bond acceptors (Lipinski definition) is 8. The number of ether oxygens (including phenoxy) is 4. The molecule has 0 bridgehead atoms. The van der Waals surface area contributed by atoms with Crippen molar-refractivity contribution in [3.8, 4) is 23.3 Å². The standard InChI is InChI=1S/C25H29ClN4O5Si/c1-36(2,3)9-8-32-23(26)16-10-17-24(29-20(16)15-6-4-14(11-27)5-7-15)30-25(28-17)35-19-13-34-21-18(31)12-33-22(19)21/h4-7,10,18-19,21-23,31H,8-9,12-13H2,1-3H3,(H,28,29,30)/t18-,19-,21-,22-,23?/m1/s1. The summed E-state index contributed by atoms with van der Waals surface area (Å²) in [7, 11) is -1.28. The Labute approximate surface area is 215 Å². The number of aromatic nitrogens is 3. The molecule has 36 heavy (non-hydrogen) atoms. The maximum absolute atomic E-state index is 9.98. The molecule has 5 rings (SSSR count). The van der Waals surface area contributed by atoms with Gasteiger partial charge in [-0.25, -0.2) is 4.98 Å². The molecule has 0 amide bonds. The molecule has 1 unspecified atom stereocenters. The molecule has 1 aromatic carbocycles. The normalized spacial score (nSPS) is 24.6. The van der Waals surface area contributed by atoms with Crippen molar-refractivity contribution in [2.75, 3.05) is 19.8 Å². The molecule has 2 aromatic heterocycles. The number of alkyl halides is 1. The second-order valence-corrected chi connectivity index (χ2v) is 16.4. The van der Waals surface area contributed by atoms with Crippen molar-refractivity contribution in [2.24, 2.45) is 0 Å². The zero-order valence-electron chi connectivity index (χ0n) is 20.4. The van der Waals surface area contributed by atoms with Gasteiger partial charge in [0, 0.05) is 25.8 Å². The third kappa shape index (κ3) is 5.27. The van der Waals surface area contributed by atoms with Crippen molar-refractivity contribution in [1.82, 2.24) is 15.0 Å². The number of rotatable bonds is 8. The van der Waals surface area contributed by atoms with E-state index >= 15 is 0 Å². The van der Waals surface area contributed by atoms with E-state index in [1.165, 1.54) is 0 Å². The second-order valence-electron chi connectivity index (χ2n) is 10.3. The van der Waals surface area contributed by atoms with Crippen LogP contribution in [-0.4, -0.2) is 72.4 Å². The summed E-state index contributed by atoms with van der Waals surface area (Å²) in [6, 6.07) is 12.4. The number of aliphatic hydroxyl groups excluding tert-OH is 1. The van der Waals surface area contributed by atoms with Crippen molar-refractivity contribution >= 4 is 30.8 Å². The molecule has 0 aliphatic carbocycles. The molecule has 190 valence electrons. The molecule has 2 fully saturated rings. The lowest BCUT2D eigenvalue weighted by Crippen LogP contribution is -2.34. The molecule has 0 spiro atoms. The van der Waals surface area contributed by atoms with Crippen LogP contribution in [-0.2, 0) is 14.2 Å². The quantitative estimate of drug-likeness (QED) is 0.332. The number of aliphatic hydroxyl groups is 1. The first-order valence-electron chi connectivity index (χ1n) is 12.0. The van der Waals surface area contributed by atoms with Crippen molar-refractivity contribution in [3.63, 3.8) is 0 Å². The maximum Gasteiger partial charge on any atom is 0.296 e. The first-order chi connectivity index (χ1) is 17.2. The Morgan fingerprint density at radius 3 is 2.67 bits per heavy atom. The Morgan fingerprint density at radius 2 is 1.94 bits per heavy atom. The number of halogens is 1. The summed E-state index contributed by atoms with van der Waals surface area (Å²) in [4.78, 5) is 12.5. The fourth-order valence-corrected chi connectivity index (χ4v) is 5.33. The number of benzene rings is 1. The van der Waals surface area contributed by atoms with Crippen molar-refractivity contribution in [2.45, 2.75) is 55.7 Å². The van der Waals surface area contributed by atoms with E-state index in [0.717, 1.165) is 11.6 Å². The lowest BCUT2D eigenvalue weighted by atomic mass is 10.0. The van der Waals surface area contributed by atoms with Crippen LogP contribution in [0.1, 0.15) is 16.7 Å². The largest absolute Gasteiger partial charge is 0.456 e. The van der Waals surface area contributed by atoms with Crippen LogP contribution in [0.3, 0.4) is 0 Å². The zero-order chi connectivity index (χ0) is 25.4. The summed E-state index contributed by atoms with van der Waals surface area (Å²) < 4.78 is 23.3. The average molecular weight is 529 g/mol. The lowest BCUT2D eigenvalue weighted by Gasteiger charge is -2.19. The molecule has 5 atom stereocenters. The first kappa shape index (κ1) is 25.1. The fraction of sp³-hybridized carbons (Fsp3) is 0.480. The van der Waals surface area contributed by atoms with E-state index in [9.17, 15) is 10.4 Å². The van der Waals surface area contributed by atoms with Gasteiger partial charge in [0.05, 0.1) is 36.1 Å². The molecule has 2 saturated heterocycles. The van der Waals surface area contributed by atoms with Gasteiger partial charge in [-0.3, -0.25) is 0 Å². The maximum atomic E-state index is 9.98. The van der Waals surface area contributed by atoms with E-state index in [4.69, 9.17) is 35.5 Å². The molecular formula is C25H29ClN4O5Si. The monoisotopic (exact) mass is 528 g/mol. The highest BCUT2D eigenvalue weighted by Crippen LogP contribution is 2.35. The molecule has 2 N–H and O–H groups in total. The number of aromatic amines is 1. The number of hydrogen-bond donors (Lipinski definition) is 2. The summed E-state index contributed by atoms with van der Waals surface area (Å²) in [5.74, 6) is 0. The number of imidazole rings is 1. The van der Waals surface area contributed by atoms with E-state index in [2.05, 4.69) is 35.7 Å². The van der Waals surface area contributed by atoms with E-state index in [1.54, 1.807) is 12.1 Å². The highest BCUT2D eigenvalue weighted by atomic mass is 35.5. The van der Waals surface area contributed by atoms with Gasteiger partial charge in [-0.2, -0.15) is 10.2 Å². The summed E-state index contributed by atoms with van der Waals surface area (Å²) in [5, 5.41) is 19.2. The minimum atomic E-state index is -1.28. The SMILES string of the molecule is C[Si](C)(C)CCOC(Cl)c1cc2[nH]c(O[C@@H]3CO[C@H]4[C@@H]3OC[C@H]4O)nc2nc1-c1ccc(C#N)cc1. The van der Waals surface area contributed by atoms with Crippen molar-refractivity contribution in [3.05, 3.63) is 41.5 Å². The number of fused-ring (bicyclic) bond motifs is 2. The molecule has 2 aliphatic rings. The van der Waals surface area contributed by atoms with Crippen molar-refractivity contribution in [1.29, 1.82) is 5.26 Å². The third-order valence-corrected chi connectivity index (χ3v) is 8.44. The summed E-state index contributed by atoms with van der Waals surface area (Å²) in [5.41, 5.74) is 3.09. The Balaban J connectivity index is 1.44. The van der Waals surface area contributed by atoms with E-state index in [1.807, 2.05) is 18.2 Å². The highest BCUT2D eigenvalue weighted by Gasteiger charge is 2.48. The summed E-state index contributed by atoms with van der Waals surface area (Å²) in [6.45, 7) is 7.95. The molecular weight excluding hydrogens is 500 g/mol. The van der Waals surface area contributed by atoms with Crippen LogP contribution < -0.4 is 4.74 Å². The Hall–Kier alpha value is -2.52. The Morgan fingerprint density at radius 1 is 1.19 bits per heavy atom. The smallest absolute Gasteiger partial charge is 0.296 e. The van der Waals surface area contributed by atoms with Gasteiger partial charge in [-0.15, -0.1) is 0 Å². The zero-order valence-corrected chi connectivity index (χ0v) is 22.2. The molecule has 2 aliphatic heterocycles. The number of nitrogens with zero attached hydrogens (tertiary/aromatic N) is 3. The average Bonchev–Trinajstić information content (AvgIpc) is 3.54. The predicted octanol–water partition coefficient (Wildman–Crippen LogP) is 3.99. The van der Waals surface area contributed by atoms with Gasteiger partial charge in [0.1, 0.15) is 18.3 Å². The lowest BCUT2D eigenvalue weighted by molar-refractivity contribution is 0.00706. The summed E-state index contributed by atoms with van der Waals surface area (Å²) >= 11 is 6.75. The van der Waals surface area contributed by atoms with Crippen LogP contribution in [0.2, 0.25) is 25.7 Å². The first-order valence-corrected chi connectivity index (χ1v) is 16.1.